The maximum atomic E-state index is 2.82. The van der Waals surface area contributed by atoms with Crippen LogP contribution in [0.1, 0.15) is 232 Å². The molecule has 14 fully saturated rings. The van der Waals surface area contributed by atoms with Crippen LogP contribution in [0.15, 0.2) is 0 Å². The van der Waals surface area contributed by atoms with Gasteiger partial charge in [-0.2, -0.15) is 0 Å². The van der Waals surface area contributed by atoms with Gasteiger partial charge in [-0.25, -0.2) is 0 Å². The first kappa shape index (κ1) is 77.0. The summed E-state index contributed by atoms with van der Waals surface area (Å²) in [6, 6.07) is 6.90. The first-order valence-corrected chi connectivity index (χ1v) is 34.2. The Labute approximate surface area is 532 Å². The monoisotopic (exact) mass is 1200 g/mol. The van der Waals surface area contributed by atoms with E-state index in [-0.39, 0.29) is 29.7 Å². The van der Waals surface area contributed by atoms with Crippen molar-refractivity contribution in [1.29, 1.82) is 0 Å². The fourth-order valence-electron chi connectivity index (χ4n) is 18.8. The minimum absolute atomic E-state index is 0. The number of piperidine rings is 4. The maximum Gasteiger partial charge on any atom is 0.0255 e. The third-order valence-corrected chi connectivity index (χ3v) is 23.0. The minimum Gasteiger partial charge on any atom is -0.305 e. The van der Waals surface area contributed by atoms with Gasteiger partial charge in [-0.3, -0.25) is 39.2 Å². The average molecular weight is 1200 g/mol. The number of hydrogen-bond donors (Lipinski definition) is 0. The van der Waals surface area contributed by atoms with Crippen molar-refractivity contribution in [2.75, 3.05) is 145 Å². The van der Waals surface area contributed by atoms with Crippen molar-refractivity contribution >= 4 is 0 Å². The van der Waals surface area contributed by atoms with Gasteiger partial charge in [-0.05, 0) is 246 Å². The summed E-state index contributed by atoms with van der Waals surface area (Å²) in [7, 11) is 6.83. The molecule has 0 aromatic carbocycles. The molecular weight excluding hydrogens is 1040 g/mol. The summed E-state index contributed by atoms with van der Waals surface area (Å²) in [5, 5.41) is 0. The Kier molecular flexibility index (Phi) is 26.5. The van der Waals surface area contributed by atoms with Crippen LogP contribution in [-0.2, 0) is 0 Å². The van der Waals surface area contributed by atoms with Crippen LogP contribution in [0.3, 0.4) is 0 Å². The number of likely N-dealkylation sites (N-methyl/N-ethyl adjacent to an activating group) is 2. The molecule has 504 valence electrons. The molecule has 1 saturated carbocycles. The second-order valence-electron chi connectivity index (χ2n) is 36.1. The van der Waals surface area contributed by atoms with Gasteiger partial charge in [0.1, 0.15) is 0 Å². The van der Waals surface area contributed by atoms with Crippen molar-refractivity contribution in [3.8, 4) is 0 Å². The maximum absolute atomic E-state index is 2.82. The summed E-state index contributed by atoms with van der Waals surface area (Å²) < 4.78 is 0. The number of piperazine rings is 4. The van der Waals surface area contributed by atoms with Crippen LogP contribution in [0, 0.1) is 16.7 Å². The Balaban J connectivity index is 0.000000217. The highest BCUT2D eigenvalue weighted by Crippen LogP contribution is 2.47. The number of nitrogens with zero attached hydrogens (tertiary/aromatic N) is 12. The van der Waals surface area contributed by atoms with E-state index in [1.165, 1.54) is 189 Å². The predicted octanol–water partition coefficient (Wildman–Crippen LogP) is 12.4. The molecule has 0 amide bonds. The lowest BCUT2D eigenvalue weighted by Crippen LogP contribution is -2.64. The van der Waals surface area contributed by atoms with Crippen LogP contribution in [0.2, 0.25) is 0 Å². The van der Waals surface area contributed by atoms with Crippen molar-refractivity contribution in [3.05, 3.63) is 0 Å². The van der Waals surface area contributed by atoms with Crippen LogP contribution in [-0.4, -0.2) is 286 Å². The quantitative estimate of drug-likeness (QED) is 0.232. The van der Waals surface area contributed by atoms with E-state index < -0.39 is 0 Å². The van der Waals surface area contributed by atoms with Gasteiger partial charge in [-0.15, -0.1) is 0 Å². The van der Waals surface area contributed by atoms with E-state index in [0.29, 0.717) is 44.1 Å². The molecule has 0 aromatic rings. The number of hydrogen-bond acceptors (Lipinski definition) is 12. The number of likely N-dealkylation sites (tertiary alicyclic amines) is 5. The normalized spacial score (nSPS) is 37.2. The van der Waals surface area contributed by atoms with Crippen molar-refractivity contribution < 1.29 is 0 Å². The first-order valence-electron chi connectivity index (χ1n) is 34.2. The molecule has 0 N–H and O–H groups in total. The number of fused-ring (bicyclic) bond motifs is 17. The van der Waals surface area contributed by atoms with Crippen LogP contribution in [0.5, 0.6) is 0 Å². The van der Waals surface area contributed by atoms with Gasteiger partial charge in [0.15, 0.2) is 0 Å². The highest BCUT2D eigenvalue weighted by atomic mass is 15.4. The van der Waals surface area contributed by atoms with Crippen molar-refractivity contribution in [2.45, 2.75) is 314 Å². The lowest BCUT2D eigenvalue weighted by atomic mass is 9.65. The fourth-order valence-corrected chi connectivity index (χ4v) is 18.8. The SMILES string of the molecule is C.C.C.C.CC(C)(C)N1CCN2C3CCC(C3)C2C1.CC(C)(C)N1CCN2CCC1C2.CC(C)(C)N1CCN2CCC1CC2.CN1C2CCC1CN(C(C)(C)C)C2.CN1CC2(C)CN(C(C)(C)C)CC(C)(C1)C2.CN1CC2CC1CN2C(C)(C)C. The second-order valence-corrected chi connectivity index (χ2v) is 36.1. The summed E-state index contributed by atoms with van der Waals surface area (Å²) >= 11 is 0. The van der Waals surface area contributed by atoms with E-state index >= 15 is 0 Å². The van der Waals surface area contributed by atoms with Gasteiger partial charge >= 0.3 is 0 Å². The molecule has 12 nitrogen and oxygen atoms in total. The van der Waals surface area contributed by atoms with Crippen LogP contribution >= 0.6 is 0 Å². The van der Waals surface area contributed by atoms with E-state index in [0.717, 1.165) is 54.3 Å². The Morgan fingerprint density at radius 3 is 1.27 bits per heavy atom. The fraction of sp³-hybridized carbons (Fsp3) is 1.00. The molecule has 13 heterocycles. The topological polar surface area (TPSA) is 38.9 Å². The van der Waals surface area contributed by atoms with Gasteiger partial charge in [-0.1, -0.05) is 43.6 Å². The van der Waals surface area contributed by atoms with E-state index in [1.807, 2.05) is 0 Å². The summed E-state index contributed by atoms with van der Waals surface area (Å²) in [5.41, 5.74) is 3.15. The zero-order valence-corrected chi connectivity index (χ0v) is 58.1. The van der Waals surface area contributed by atoms with Gasteiger partial charge in [0, 0.05) is 186 Å². The third kappa shape index (κ3) is 19.3. The molecule has 85 heavy (non-hydrogen) atoms. The van der Waals surface area contributed by atoms with Crippen LogP contribution in [0.25, 0.3) is 0 Å². The van der Waals surface area contributed by atoms with E-state index in [2.05, 4.69) is 218 Å². The molecular formula is C73H152N12. The van der Waals surface area contributed by atoms with Gasteiger partial charge in [0.05, 0.1) is 0 Å². The summed E-state index contributed by atoms with van der Waals surface area (Å²) in [5.74, 6) is 1.03. The van der Waals surface area contributed by atoms with Gasteiger partial charge in [0.2, 0.25) is 0 Å². The third-order valence-electron chi connectivity index (χ3n) is 23.0. The van der Waals surface area contributed by atoms with Crippen LogP contribution in [0.4, 0.5) is 0 Å². The molecule has 0 radical (unpaired) electrons. The lowest BCUT2D eigenvalue weighted by molar-refractivity contribution is -0.0930. The Bertz CT molecular complexity index is 1940. The van der Waals surface area contributed by atoms with Crippen molar-refractivity contribution in [2.24, 2.45) is 16.7 Å². The molecule has 11 unspecified atom stereocenters. The standard InChI is InChI=1S/C14H28N2.C13H24N2.2C11H22N2.2C10H20N2.4CH4/c1-12(2,3)16-10-13(4)7-14(5,11-16)9-15(6)8-13;1-13(2,3)14-6-7-15-11-5-4-10(8-11)12(15)9-14;1-11(2,3)13-7-9-5-6-10(8-13)12(9)4;1-11(2,3)13-9-8-12-6-4-10(13)5-7-12;1-10(2,3)12-7-8-5-9(12)6-11(8)4;1-10(2,3)12-7-6-11-5-4-9(12)8-11;;;;/h7-11H2,1-6H3;10-12H,4-9H2,1-3H3;9-10H,5-8H2,1-4H3;10H,4-9H2,1-3H3;8-9H,5-7H2,1-4H3;9H,4-8H2,1-3H3;4*1H4. The molecule has 12 bridgehead atoms. The Hall–Kier alpha value is -0.480. The molecule has 11 atom stereocenters. The Morgan fingerprint density at radius 1 is 0.329 bits per heavy atom. The van der Waals surface area contributed by atoms with E-state index in [4.69, 9.17) is 0 Å². The van der Waals surface area contributed by atoms with Crippen LogP contribution < -0.4 is 0 Å². The molecule has 14 aliphatic rings. The summed E-state index contributed by atoms with van der Waals surface area (Å²) in [6.45, 7) is 71.6. The average Bonchev–Trinajstić information content (AvgIpc) is 4.21. The smallest absolute Gasteiger partial charge is 0.0255 e. The number of rotatable bonds is 0. The summed E-state index contributed by atoms with van der Waals surface area (Å²) in [6.07, 6.45) is 14.3. The van der Waals surface area contributed by atoms with Crippen molar-refractivity contribution in [3.63, 3.8) is 0 Å². The molecule has 13 aliphatic heterocycles. The molecule has 12 heteroatoms. The minimum atomic E-state index is 0. The molecule has 13 saturated heterocycles. The van der Waals surface area contributed by atoms with Crippen molar-refractivity contribution in [1.82, 2.24) is 58.8 Å². The van der Waals surface area contributed by atoms with Gasteiger partial charge < -0.3 is 19.6 Å². The lowest BCUT2D eigenvalue weighted by Gasteiger charge is -2.59. The molecule has 1 aliphatic carbocycles. The van der Waals surface area contributed by atoms with E-state index in [9.17, 15) is 0 Å². The first-order chi connectivity index (χ1) is 37.3. The van der Waals surface area contributed by atoms with E-state index in [1.54, 1.807) is 0 Å². The zero-order chi connectivity index (χ0) is 59.6. The molecule has 0 spiro atoms. The summed E-state index contributed by atoms with van der Waals surface area (Å²) in [4.78, 5) is 31.7. The van der Waals surface area contributed by atoms with Gasteiger partial charge in [0.25, 0.3) is 0 Å². The highest BCUT2D eigenvalue weighted by molar-refractivity contribution is 5.06. The second kappa shape index (κ2) is 29.2. The predicted molar refractivity (Wildman–Crippen MR) is 374 cm³/mol. The Morgan fingerprint density at radius 2 is 0.800 bits per heavy atom. The highest BCUT2D eigenvalue weighted by Gasteiger charge is 2.51. The molecule has 14 rings (SSSR count). The largest absolute Gasteiger partial charge is 0.305 e. The zero-order valence-electron chi connectivity index (χ0n) is 58.1. The molecule has 0 aromatic heterocycles.